The molecule has 4 nitrogen and oxygen atoms in total. The molecule has 2 aliphatic carbocycles. The normalized spacial score (nSPS) is 30.5. The lowest BCUT2D eigenvalue weighted by atomic mass is 9.67. The van der Waals surface area contributed by atoms with Gasteiger partial charge in [-0.15, -0.1) is 24.8 Å². The quantitative estimate of drug-likeness (QED) is 0.875. The highest BCUT2D eigenvalue weighted by molar-refractivity contribution is 5.94. The zero-order chi connectivity index (χ0) is 13.2. The van der Waals surface area contributed by atoms with Crippen LogP contribution in [0.2, 0.25) is 0 Å². The van der Waals surface area contributed by atoms with Gasteiger partial charge in [0.15, 0.2) is 0 Å². The van der Waals surface area contributed by atoms with Crippen molar-refractivity contribution in [2.24, 2.45) is 17.6 Å². The van der Waals surface area contributed by atoms with E-state index in [4.69, 9.17) is 5.73 Å². The molecule has 0 saturated heterocycles. The second-order valence-corrected chi connectivity index (χ2v) is 5.92. The molecule has 1 aromatic rings. The molecule has 0 aromatic carbocycles. The molecule has 2 fully saturated rings. The molecular formula is C15H23Cl2N3O. The number of aromatic nitrogens is 1. The number of nitrogens with one attached hydrogen (secondary N) is 1. The topological polar surface area (TPSA) is 68.0 Å². The lowest BCUT2D eigenvalue weighted by molar-refractivity contribution is 0.0756. The SMILES string of the molecule is Cl.Cl.NC1CC2CCCC(C1)C2NC(=O)c1ccncc1. The number of carbonyl (C=O) groups is 1. The Bertz CT molecular complexity index is 443. The van der Waals surface area contributed by atoms with E-state index < -0.39 is 0 Å². The van der Waals surface area contributed by atoms with Crippen LogP contribution < -0.4 is 11.1 Å². The molecule has 0 spiro atoms. The van der Waals surface area contributed by atoms with Crippen molar-refractivity contribution in [3.05, 3.63) is 30.1 Å². The van der Waals surface area contributed by atoms with Crippen LogP contribution in [-0.4, -0.2) is 23.0 Å². The number of carbonyl (C=O) groups excluding carboxylic acids is 1. The molecule has 6 heteroatoms. The predicted molar refractivity (Wildman–Crippen MR) is 88.0 cm³/mol. The van der Waals surface area contributed by atoms with Crippen LogP contribution in [0.4, 0.5) is 0 Å². The van der Waals surface area contributed by atoms with Crippen LogP contribution in [-0.2, 0) is 0 Å². The van der Waals surface area contributed by atoms with Gasteiger partial charge >= 0.3 is 0 Å². The third-order valence-electron chi connectivity index (χ3n) is 4.62. The van der Waals surface area contributed by atoms with Gasteiger partial charge < -0.3 is 11.1 Å². The van der Waals surface area contributed by atoms with E-state index in [1.54, 1.807) is 24.5 Å². The van der Waals surface area contributed by atoms with Crippen molar-refractivity contribution in [3.63, 3.8) is 0 Å². The summed E-state index contributed by atoms with van der Waals surface area (Å²) in [6.07, 6.45) is 9.11. The number of rotatable bonds is 2. The minimum atomic E-state index is 0. The summed E-state index contributed by atoms with van der Waals surface area (Å²) in [5, 5.41) is 3.24. The average Bonchev–Trinajstić information content (AvgIpc) is 2.41. The van der Waals surface area contributed by atoms with Crippen molar-refractivity contribution in [1.82, 2.24) is 10.3 Å². The number of hydrogen-bond acceptors (Lipinski definition) is 3. The summed E-state index contributed by atoms with van der Waals surface area (Å²) in [6, 6.07) is 4.16. The zero-order valence-corrected chi connectivity index (χ0v) is 13.5. The highest BCUT2D eigenvalue weighted by Crippen LogP contribution is 2.39. The fourth-order valence-corrected chi connectivity index (χ4v) is 3.76. The number of pyridine rings is 1. The maximum Gasteiger partial charge on any atom is 0.251 e. The Labute approximate surface area is 138 Å². The van der Waals surface area contributed by atoms with Crippen LogP contribution in [0.25, 0.3) is 0 Å². The maximum absolute atomic E-state index is 12.3. The summed E-state index contributed by atoms with van der Waals surface area (Å²) in [7, 11) is 0. The Hall–Kier alpha value is -0.840. The van der Waals surface area contributed by atoms with E-state index >= 15 is 0 Å². The Morgan fingerprint density at radius 2 is 1.71 bits per heavy atom. The molecular weight excluding hydrogens is 309 g/mol. The number of fused-ring (bicyclic) bond motifs is 2. The van der Waals surface area contributed by atoms with Crippen LogP contribution >= 0.6 is 24.8 Å². The highest BCUT2D eigenvalue weighted by Gasteiger charge is 2.39. The summed E-state index contributed by atoms with van der Waals surface area (Å²) in [6.45, 7) is 0. The van der Waals surface area contributed by atoms with Gasteiger partial charge in [-0.1, -0.05) is 6.42 Å². The zero-order valence-electron chi connectivity index (χ0n) is 11.9. The van der Waals surface area contributed by atoms with Gasteiger partial charge in [-0.05, 0) is 49.7 Å². The van der Waals surface area contributed by atoms with E-state index in [1.807, 2.05) is 0 Å². The van der Waals surface area contributed by atoms with Gasteiger partial charge in [0, 0.05) is 30.0 Å². The van der Waals surface area contributed by atoms with Gasteiger partial charge in [0.2, 0.25) is 0 Å². The molecule has 0 aliphatic heterocycles. The van der Waals surface area contributed by atoms with Gasteiger partial charge in [0.25, 0.3) is 5.91 Å². The number of nitrogens with two attached hydrogens (primary N) is 1. The van der Waals surface area contributed by atoms with Gasteiger partial charge in [-0.2, -0.15) is 0 Å². The van der Waals surface area contributed by atoms with Crippen molar-refractivity contribution >= 4 is 30.7 Å². The molecule has 1 heterocycles. The van der Waals surface area contributed by atoms with E-state index in [9.17, 15) is 4.79 Å². The van der Waals surface area contributed by atoms with Crippen LogP contribution in [0.15, 0.2) is 24.5 Å². The molecule has 2 atom stereocenters. The van der Waals surface area contributed by atoms with Crippen molar-refractivity contribution in [3.8, 4) is 0 Å². The van der Waals surface area contributed by atoms with Gasteiger partial charge in [-0.25, -0.2) is 0 Å². The van der Waals surface area contributed by atoms with Gasteiger partial charge in [-0.3, -0.25) is 9.78 Å². The first-order valence-corrected chi connectivity index (χ1v) is 7.20. The molecule has 3 rings (SSSR count). The second-order valence-electron chi connectivity index (χ2n) is 5.92. The lowest BCUT2D eigenvalue weighted by Crippen LogP contribution is -2.53. The molecule has 2 bridgehead atoms. The number of halogens is 2. The molecule has 2 unspecified atom stereocenters. The predicted octanol–water partition coefficient (Wildman–Crippen LogP) is 2.56. The number of amides is 1. The van der Waals surface area contributed by atoms with E-state index in [-0.39, 0.29) is 30.7 Å². The molecule has 21 heavy (non-hydrogen) atoms. The average molecular weight is 332 g/mol. The van der Waals surface area contributed by atoms with Crippen LogP contribution in [0.1, 0.15) is 42.5 Å². The second kappa shape index (κ2) is 7.97. The van der Waals surface area contributed by atoms with Crippen LogP contribution in [0.5, 0.6) is 0 Å². The summed E-state index contributed by atoms with van der Waals surface area (Å²) >= 11 is 0. The Kier molecular flexibility index (Phi) is 6.91. The van der Waals surface area contributed by atoms with Gasteiger partial charge in [0.05, 0.1) is 0 Å². The monoisotopic (exact) mass is 331 g/mol. The number of hydrogen-bond donors (Lipinski definition) is 2. The number of nitrogens with zero attached hydrogens (tertiary/aromatic N) is 1. The first-order valence-electron chi connectivity index (χ1n) is 7.20. The first kappa shape index (κ1) is 18.2. The smallest absolute Gasteiger partial charge is 0.251 e. The third-order valence-corrected chi connectivity index (χ3v) is 4.62. The fourth-order valence-electron chi connectivity index (χ4n) is 3.76. The van der Waals surface area contributed by atoms with E-state index in [0.29, 0.717) is 29.5 Å². The minimum Gasteiger partial charge on any atom is -0.349 e. The van der Waals surface area contributed by atoms with E-state index in [2.05, 4.69) is 10.3 Å². The summed E-state index contributed by atoms with van der Waals surface area (Å²) < 4.78 is 0. The van der Waals surface area contributed by atoms with Crippen LogP contribution in [0.3, 0.4) is 0 Å². The molecule has 0 radical (unpaired) electrons. The van der Waals surface area contributed by atoms with Crippen LogP contribution in [0, 0.1) is 11.8 Å². The molecule has 2 aliphatic rings. The summed E-state index contributed by atoms with van der Waals surface area (Å²) in [5.41, 5.74) is 6.81. The highest BCUT2D eigenvalue weighted by atomic mass is 35.5. The summed E-state index contributed by atoms with van der Waals surface area (Å²) in [4.78, 5) is 16.2. The Balaban J connectivity index is 0.00000110. The molecule has 3 N–H and O–H groups in total. The standard InChI is InChI=1S/C15H21N3O.2ClH/c16-13-8-11-2-1-3-12(9-13)14(11)18-15(19)10-4-6-17-7-5-10;;/h4-7,11-14H,1-3,8-9,16H2,(H,18,19);2*1H. The third kappa shape index (κ3) is 4.09. The summed E-state index contributed by atoms with van der Waals surface area (Å²) in [5.74, 6) is 1.15. The molecule has 118 valence electrons. The Morgan fingerprint density at radius 1 is 1.14 bits per heavy atom. The van der Waals surface area contributed by atoms with Gasteiger partial charge in [0.1, 0.15) is 0 Å². The van der Waals surface area contributed by atoms with Crippen molar-refractivity contribution < 1.29 is 4.79 Å². The molecule has 2 saturated carbocycles. The lowest BCUT2D eigenvalue weighted by Gasteiger charge is -2.45. The first-order chi connectivity index (χ1) is 9.24. The maximum atomic E-state index is 12.3. The minimum absolute atomic E-state index is 0. The van der Waals surface area contributed by atoms with E-state index in [0.717, 1.165) is 12.8 Å². The van der Waals surface area contributed by atoms with Crippen molar-refractivity contribution in [2.75, 3.05) is 0 Å². The van der Waals surface area contributed by atoms with Crippen molar-refractivity contribution in [2.45, 2.75) is 44.2 Å². The fraction of sp³-hybridized carbons (Fsp3) is 0.600. The molecule has 1 amide bonds. The van der Waals surface area contributed by atoms with Crippen molar-refractivity contribution in [1.29, 1.82) is 0 Å². The Morgan fingerprint density at radius 3 is 2.29 bits per heavy atom. The van der Waals surface area contributed by atoms with E-state index in [1.165, 1.54) is 19.3 Å². The molecule has 1 aromatic heterocycles. The largest absolute Gasteiger partial charge is 0.349 e.